The molecule has 110 valence electrons. The molecule has 0 radical (unpaired) electrons. The van der Waals surface area contributed by atoms with Crippen molar-refractivity contribution >= 4 is 0 Å². The standard InChI is InChI=1S/C17H31NO/c1-15(2,3)14-11-13(12-18(7)8)9-10-17(14,19)16(4,5)6/h9,11,19H,10,12H2,1-8H3. The summed E-state index contributed by atoms with van der Waals surface area (Å²) < 4.78 is 0. The highest BCUT2D eigenvalue weighted by atomic mass is 16.3. The summed E-state index contributed by atoms with van der Waals surface area (Å²) in [5.41, 5.74) is 1.54. The molecular formula is C17H31NO. The Morgan fingerprint density at radius 1 is 1.16 bits per heavy atom. The van der Waals surface area contributed by atoms with Gasteiger partial charge in [0.05, 0.1) is 5.60 Å². The predicted octanol–water partition coefficient (Wildman–Crippen LogP) is 3.63. The van der Waals surface area contributed by atoms with Gasteiger partial charge in [-0.05, 0) is 42.5 Å². The molecule has 1 atom stereocenters. The quantitative estimate of drug-likeness (QED) is 0.824. The van der Waals surface area contributed by atoms with Gasteiger partial charge in [0.2, 0.25) is 0 Å². The summed E-state index contributed by atoms with van der Waals surface area (Å²) in [6, 6.07) is 0. The van der Waals surface area contributed by atoms with Crippen LogP contribution in [0.2, 0.25) is 0 Å². The summed E-state index contributed by atoms with van der Waals surface area (Å²) in [6.45, 7) is 13.9. The fourth-order valence-corrected chi connectivity index (χ4v) is 2.77. The molecule has 1 rings (SSSR count). The van der Waals surface area contributed by atoms with Gasteiger partial charge >= 0.3 is 0 Å². The van der Waals surface area contributed by atoms with E-state index < -0.39 is 5.60 Å². The molecule has 1 aliphatic rings. The minimum Gasteiger partial charge on any atom is -0.385 e. The lowest BCUT2D eigenvalue weighted by molar-refractivity contribution is -0.0365. The Hall–Kier alpha value is -0.600. The third-order valence-corrected chi connectivity index (χ3v) is 3.98. The van der Waals surface area contributed by atoms with Crippen molar-refractivity contribution in [3.05, 3.63) is 23.3 Å². The minimum absolute atomic E-state index is 0.0200. The fraction of sp³-hybridized carbons (Fsp3) is 0.765. The second-order valence-corrected chi connectivity index (χ2v) is 8.14. The molecule has 0 saturated carbocycles. The first kappa shape index (κ1) is 16.5. The average molecular weight is 265 g/mol. The number of likely N-dealkylation sites (N-methyl/N-ethyl adjacent to an activating group) is 1. The Morgan fingerprint density at radius 3 is 2.05 bits per heavy atom. The van der Waals surface area contributed by atoms with Crippen molar-refractivity contribution in [1.82, 2.24) is 4.90 Å². The molecule has 0 aliphatic heterocycles. The van der Waals surface area contributed by atoms with Crippen LogP contribution in [0.5, 0.6) is 0 Å². The summed E-state index contributed by atoms with van der Waals surface area (Å²) in [5, 5.41) is 11.2. The van der Waals surface area contributed by atoms with Crippen LogP contribution >= 0.6 is 0 Å². The van der Waals surface area contributed by atoms with Crippen molar-refractivity contribution in [3.63, 3.8) is 0 Å². The van der Waals surface area contributed by atoms with Gasteiger partial charge in [-0.3, -0.25) is 0 Å². The van der Waals surface area contributed by atoms with Gasteiger partial charge in [-0.15, -0.1) is 0 Å². The maximum absolute atomic E-state index is 11.2. The number of nitrogens with zero attached hydrogens (tertiary/aromatic N) is 1. The molecule has 0 heterocycles. The van der Waals surface area contributed by atoms with Gasteiger partial charge in [0.15, 0.2) is 0 Å². The SMILES string of the molecule is CN(C)CC1=CCC(O)(C(C)(C)C)C(C(C)(C)C)=C1. The largest absolute Gasteiger partial charge is 0.385 e. The highest BCUT2D eigenvalue weighted by Gasteiger charge is 2.47. The predicted molar refractivity (Wildman–Crippen MR) is 83.2 cm³/mol. The van der Waals surface area contributed by atoms with Crippen LogP contribution in [-0.2, 0) is 0 Å². The van der Waals surface area contributed by atoms with Gasteiger partial charge in [-0.25, -0.2) is 0 Å². The summed E-state index contributed by atoms with van der Waals surface area (Å²) >= 11 is 0. The molecule has 2 nitrogen and oxygen atoms in total. The number of aliphatic hydroxyl groups is 1. The third-order valence-electron chi connectivity index (χ3n) is 3.98. The highest BCUT2D eigenvalue weighted by Crippen LogP contribution is 2.48. The average Bonchev–Trinajstić information content (AvgIpc) is 2.17. The Labute approximate surface area is 119 Å². The van der Waals surface area contributed by atoms with Crippen LogP contribution in [0.15, 0.2) is 23.3 Å². The first-order chi connectivity index (χ1) is 8.38. The van der Waals surface area contributed by atoms with Crippen LogP contribution in [0.25, 0.3) is 0 Å². The zero-order valence-corrected chi connectivity index (χ0v) is 14.0. The molecule has 0 fully saturated rings. The van der Waals surface area contributed by atoms with Gasteiger partial charge in [0.25, 0.3) is 0 Å². The van der Waals surface area contributed by atoms with E-state index in [1.165, 1.54) is 5.57 Å². The van der Waals surface area contributed by atoms with E-state index in [-0.39, 0.29) is 10.8 Å². The molecule has 0 amide bonds. The van der Waals surface area contributed by atoms with E-state index in [1.54, 1.807) is 0 Å². The summed E-state index contributed by atoms with van der Waals surface area (Å²) in [5.74, 6) is 0. The minimum atomic E-state index is -0.749. The Balaban J connectivity index is 3.23. The van der Waals surface area contributed by atoms with Crippen molar-refractivity contribution in [2.45, 2.75) is 53.6 Å². The van der Waals surface area contributed by atoms with E-state index in [0.717, 1.165) is 12.1 Å². The maximum Gasteiger partial charge on any atom is 0.0947 e. The second-order valence-electron chi connectivity index (χ2n) is 8.14. The van der Waals surface area contributed by atoms with Crippen LogP contribution in [0.4, 0.5) is 0 Å². The smallest absolute Gasteiger partial charge is 0.0947 e. The van der Waals surface area contributed by atoms with Crippen LogP contribution in [0.1, 0.15) is 48.0 Å². The molecule has 0 aromatic heterocycles. The highest BCUT2D eigenvalue weighted by molar-refractivity contribution is 5.40. The molecule has 0 spiro atoms. The lowest BCUT2D eigenvalue weighted by atomic mass is 9.61. The van der Waals surface area contributed by atoms with E-state index >= 15 is 0 Å². The van der Waals surface area contributed by atoms with E-state index in [0.29, 0.717) is 6.42 Å². The molecule has 2 heteroatoms. The van der Waals surface area contributed by atoms with E-state index in [1.807, 2.05) is 0 Å². The van der Waals surface area contributed by atoms with E-state index in [9.17, 15) is 5.11 Å². The monoisotopic (exact) mass is 265 g/mol. The van der Waals surface area contributed by atoms with Gasteiger partial charge in [0, 0.05) is 6.54 Å². The van der Waals surface area contributed by atoms with E-state index in [4.69, 9.17) is 0 Å². The van der Waals surface area contributed by atoms with Crippen LogP contribution in [-0.4, -0.2) is 36.2 Å². The number of rotatable bonds is 2. The first-order valence-electron chi connectivity index (χ1n) is 7.17. The van der Waals surface area contributed by atoms with Gasteiger partial charge < -0.3 is 10.0 Å². The molecule has 1 unspecified atom stereocenters. The van der Waals surface area contributed by atoms with Crippen LogP contribution < -0.4 is 0 Å². The lowest BCUT2D eigenvalue weighted by Crippen LogP contribution is -2.49. The molecule has 0 aromatic rings. The van der Waals surface area contributed by atoms with Crippen molar-refractivity contribution in [3.8, 4) is 0 Å². The summed E-state index contributed by atoms with van der Waals surface area (Å²) in [4.78, 5) is 2.17. The normalized spacial score (nSPS) is 25.4. The van der Waals surface area contributed by atoms with Gasteiger partial charge in [-0.2, -0.15) is 0 Å². The lowest BCUT2D eigenvalue weighted by Gasteiger charge is -2.48. The molecule has 1 aliphatic carbocycles. The summed E-state index contributed by atoms with van der Waals surface area (Å²) in [6.07, 6.45) is 5.12. The first-order valence-corrected chi connectivity index (χ1v) is 7.17. The Bertz CT molecular complexity index is 390. The Morgan fingerprint density at radius 2 is 1.68 bits per heavy atom. The van der Waals surface area contributed by atoms with Crippen molar-refractivity contribution in [2.24, 2.45) is 10.8 Å². The molecule has 0 bridgehead atoms. The number of hydrogen-bond acceptors (Lipinski definition) is 2. The van der Waals surface area contributed by atoms with Crippen molar-refractivity contribution < 1.29 is 5.11 Å². The number of hydrogen-bond donors (Lipinski definition) is 1. The summed E-state index contributed by atoms with van der Waals surface area (Å²) in [7, 11) is 4.16. The topological polar surface area (TPSA) is 23.5 Å². The maximum atomic E-state index is 11.2. The molecular weight excluding hydrogens is 234 g/mol. The van der Waals surface area contributed by atoms with Gasteiger partial charge in [-0.1, -0.05) is 53.7 Å². The molecule has 0 aromatic carbocycles. The zero-order chi connectivity index (χ0) is 15.1. The Kier molecular flexibility index (Phi) is 4.39. The van der Waals surface area contributed by atoms with Crippen molar-refractivity contribution in [1.29, 1.82) is 0 Å². The van der Waals surface area contributed by atoms with E-state index in [2.05, 4.69) is 72.7 Å². The van der Waals surface area contributed by atoms with Crippen molar-refractivity contribution in [2.75, 3.05) is 20.6 Å². The zero-order valence-electron chi connectivity index (χ0n) is 14.0. The third kappa shape index (κ3) is 3.49. The molecule has 0 saturated heterocycles. The van der Waals surface area contributed by atoms with Crippen LogP contribution in [0, 0.1) is 10.8 Å². The molecule has 1 N–H and O–H groups in total. The second kappa shape index (κ2) is 5.06. The van der Waals surface area contributed by atoms with Crippen LogP contribution in [0.3, 0.4) is 0 Å². The molecule has 19 heavy (non-hydrogen) atoms. The fourth-order valence-electron chi connectivity index (χ4n) is 2.77. The van der Waals surface area contributed by atoms with Gasteiger partial charge in [0.1, 0.15) is 0 Å².